The van der Waals surface area contributed by atoms with E-state index in [9.17, 15) is 9.59 Å². The number of fused-ring (bicyclic) bond motifs is 1. The van der Waals surface area contributed by atoms with Crippen molar-refractivity contribution in [1.82, 2.24) is 10.5 Å². The van der Waals surface area contributed by atoms with Crippen molar-refractivity contribution >= 4 is 28.5 Å². The smallest absolute Gasteiger partial charge is 0.253 e. The molecule has 4 rings (SSSR count). The average Bonchev–Trinajstić information content (AvgIpc) is 3.37. The first-order valence-electron chi connectivity index (χ1n) is 9.32. The third-order valence-corrected chi connectivity index (χ3v) is 4.74. The molecule has 1 aliphatic rings. The van der Waals surface area contributed by atoms with Gasteiger partial charge in [0.1, 0.15) is 5.69 Å². The predicted octanol–water partition coefficient (Wildman–Crippen LogP) is 2.92. The number of ether oxygens (including phenoxy) is 1. The van der Waals surface area contributed by atoms with Crippen molar-refractivity contribution in [2.45, 2.75) is 25.4 Å². The number of amides is 2. The number of hydrogen-bond donors (Lipinski definition) is 2. The number of rotatable bonds is 6. The molecule has 3 aromatic rings. The van der Waals surface area contributed by atoms with Crippen molar-refractivity contribution in [3.63, 3.8) is 0 Å². The highest BCUT2D eigenvalue weighted by Gasteiger charge is 2.19. The molecule has 2 N–H and O–H groups in total. The van der Waals surface area contributed by atoms with E-state index >= 15 is 0 Å². The number of carbonyl (C=O) groups excluding carboxylic acids is 2. The maximum atomic E-state index is 12.6. The van der Waals surface area contributed by atoms with Gasteiger partial charge in [-0.25, -0.2) is 0 Å². The van der Waals surface area contributed by atoms with E-state index in [1.807, 2.05) is 18.2 Å². The minimum absolute atomic E-state index is 0.0584. The van der Waals surface area contributed by atoms with Gasteiger partial charge in [-0.05, 0) is 37.1 Å². The van der Waals surface area contributed by atoms with Crippen molar-refractivity contribution < 1.29 is 18.8 Å². The molecule has 2 amide bonds. The number of nitrogens with one attached hydrogen (secondary N) is 2. The van der Waals surface area contributed by atoms with Gasteiger partial charge in [0, 0.05) is 18.5 Å². The van der Waals surface area contributed by atoms with Crippen LogP contribution in [0.3, 0.4) is 0 Å². The van der Waals surface area contributed by atoms with E-state index in [-0.39, 0.29) is 24.3 Å². The molecular formula is C21H21N3O4. The summed E-state index contributed by atoms with van der Waals surface area (Å²) in [4.78, 5) is 25.1. The van der Waals surface area contributed by atoms with Crippen LogP contribution in [-0.2, 0) is 16.0 Å². The van der Waals surface area contributed by atoms with Crippen molar-refractivity contribution in [3.05, 3.63) is 59.8 Å². The van der Waals surface area contributed by atoms with Crippen LogP contribution < -0.4 is 10.6 Å². The molecule has 2 aromatic carbocycles. The van der Waals surface area contributed by atoms with Crippen LogP contribution in [-0.4, -0.2) is 36.2 Å². The number of carbonyl (C=O) groups is 2. The second-order valence-corrected chi connectivity index (χ2v) is 6.74. The summed E-state index contributed by atoms with van der Waals surface area (Å²) in [5.41, 5.74) is 2.08. The molecule has 1 fully saturated rings. The van der Waals surface area contributed by atoms with Gasteiger partial charge in [0.2, 0.25) is 5.91 Å². The van der Waals surface area contributed by atoms with Gasteiger partial charge in [-0.2, -0.15) is 0 Å². The zero-order valence-electron chi connectivity index (χ0n) is 15.3. The Morgan fingerprint density at radius 1 is 1.11 bits per heavy atom. The molecule has 1 aliphatic heterocycles. The van der Waals surface area contributed by atoms with Gasteiger partial charge in [0.25, 0.3) is 5.91 Å². The summed E-state index contributed by atoms with van der Waals surface area (Å²) in [6, 6.07) is 14.3. The fourth-order valence-electron chi connectivity index (χ4n) is 3.31. The van der Waals surface area contributed by atoms with E-state index < -0.39 is 0 Å². The van der Waals surface area contributed by atoms with Gasteiger partial charge >= 0.3 is 0 Å². The highest BCUT2D eigenvalue weighted by molar-refractivity contribution is 6.04. The zero-order chi connectivity index (χ0) is 19.3. The molecule has 0 bridgehead atoms. The minimum Gasteiger partial charge on any atom is -0.376 e. The van der Waals surface area contributed by atoms with Gasteiger partial charge in [-0.1, -0.05) is 29.4 Å². The zero-order valence-corrected chi connectivity index (χ0v) is 15.3. The molecule has 1 unspecified atom stereocenters. The van der Waals surface area contributed by atoms with Crippen molar-refractivity contribution in [1.29, 1.82) is 0 Å². The van der Waals surface area contributed by atoms with Crippen LogP contribution in [0.15, 0.2) is 53.1 Å². The van der Waals surface area contributed by atoms with Gasteiger partial charge in [0.05, 0.1) is 23.8 Å². The molecule has 1 aromatic heterocycles. The van der Waals surface area contributed by atoms with Gasteiger partial charge in [-0.3, -0.25) is 9.59 Å². The lowest BCUT2D eigenvalue weighted by Gasteiger charge is -2.13. The van der Waals surface area contributed by atoms with E-state index in [2.05, 4.69) is 15.8 Å². The summed E-state index contributed by atoms with van der Waals surface area (Å²) in [6.07, 6.45) is 2.09. The van der Waals surface area contributed by atoms with Crippen molar-refractivity contribution in [3.8, 4) is 0 Å². The van der Waals surface area contributed by atoms with E-state index in [0.29, 0.717) is 29.1 Å². The highest BCUT2D eigenvalue weighted by Crippen LogP contribution is 2.20. The normalized spacial score (nSPS) is 16.2. The standard InChI is InChI=1S/C21H21N3O4/c25-20(12-18-15-7-2-4-10-19(15)28-24-18)23-17-9-3-1-8-16(17)21(26)22-13-14-6-5-11-27-14/h1-4,7-10,14H,5-6,11-13H2,(H,22,26)(H,23,25). The lowest BCUT2D eigenvalue weighted by Crippen LogP contribution is -2.32. The number of hydrogen-bond acceptors (Lipinski definition) is 5. The Bertz CT molecular complexity index is 992. The molecule has 7 heteroatoms. The molecule has 28 heavy (non-hydrogen) atoms. The number of benzene rings is 2. The summed E-state index contributed by atoms with van der Waals surface area (Å²) >= 11 is 0. The minimum atomic E-state index is -0.265. The Morgan fingerprint density at radius 2 is 1.93 bits per heavy atom. The van der Waals surface area contributed by atoms with E-state index in [0.717, 1.165) is 24.8 Å². The fourth-order valence-corrected chi connectivity index (χ4v) is 3.31. The maximum Gasteiger partial charge on any atom is 0.253 e. The van der Waals surface area contributed by atoms with Crippen LogP contribution in [0.1, 0.15) is 28.9 Å². The molecule has 144 valence electrons. The first kappa shape index (κ1) is 18.2. The third-order valence-electron chi connectivity index (χ3n) is 4.74. The Balaban J connectivity index is 1.42. The quantitative estimate of drug-likeness (QED) is 0.687. The molecule has 0 radical (unpaired) electrons. The summed E-state index contributed by atoms with van der Waals surface area (Å²) < 4.78 is 10.8. The average molecular weight is 379 g/mol. The molecular weight excluding hydrogens is 358 g/mol. The Kier molecular flexibility index (Phi) is 5.34. The number of anilines is 1. The van der Waals surface area contributed by atoms with Crippen molar-refractivity contribution in [2.24, 2.45) is 0 Å². The number of aromatic nitrogens is 1. The number of para-hydroxylation sites is 2. The van der Waals surface area contributed by atoms with E-state index in [1.165, 1.54) is 0 Å². The third kappa shape index (κ3) is 4.04. The van der Waals surface area contributed by atoms with Crippen LogP contribution in [0.4, 0.5) is 5.69 Å². The number of nitrogens with zero attached hydrogens (tertiary/aromatic N) is 1. The molecule has 2 heterocycles. The predicted molar refractivity (Wildman–Crippen MR) is 104 cm³/mol. The molecule has 1 saturated heterocycles. The first-order chi connectivity index (χ1) is 13.7. The largest absolute Gasteiger partial charge is 0.376 e. The first-order valence-corrected chi connectivity index (χ1v) is 9.32. The Morgan fingerprint density at radius 3 is 2.79 bits per heavy atom. The lowest BCUT2D eigenvalue weighted by atomic mass is 10.1. The van der Waals surface area contributed by atoms with Gasteiger partial charge in [0.15, 0.2) is 5.58 Å². The molecule has 0 saturated carbocycles. The lowest BCUT2D eigenvalue weighted by molar-refractivity contribution is -0.115. The van der Waals surface area contributed by atoms with Crippen LogP contribution in [0.5, 0.6) is 0 Å². The maximum absolute atomic E-state index is 12.6. The summed E-state index contributed by atoms with van der Waals surface area (Å²) in [5.74, 6) is -0.503. The van der Waals surface area contributed by atoms with Crippen LogP contribution in [0.2, 0.25) is 0 Å². The summed E-state index contributed by atoms with van der Waals surface area (Å²) in [5, 5.41) is 10.5. The molecule has 0 aliphatic carbocycles. The van der Waals surface area contributed by atoms with Crippen LogP contribution in [0.25, 0.3) is 11.0 Å². The van der Waals surface area contributed by atoms with Crippen LogP contribution >= 0.6 is 0 Å². The molecule has 1 atom stereocenters. The second-order valence-electron chi connectivity index (χ2n) is 6.74. The fraction of sp³-hybridized carbons (Fsp3) is 0.286. The van der Waals surface area contributed by atoms with E-state index in [1.54, 1.807) is 30.3 Å². The highest BCUT2D eigenvalue weighted by atomic mass is 16.5. The summed E-state index contributed by atoms with van der Waals surface area (Å²) in [7, 11) is 0. The topological polar surface area (TPSA) is 93.5 Å². The summed E-state index contributed by atoms with van der Waals surface area (Å²) in [6.45, 7) is 1.20. The monoisotopic (exact) mass is 379 g/mol. The Hall–Kier alpha value is -3.19. The SMILES string of the molecule is O=C(Cc1noc2ccccc12)Nc1ccccc1C(=O)NCC1CCCO1. The second kappa shape index (κ2) is 8.22. The van der Waals surface area contributed by atoms with Gasteiger partial charge in [-0.15, -0.1) is 0 Å². The molecule has 0 spiro atoms. The van der Waals surface area contributed by atoms with Gasteiger partial charge < -0.3 is 19.9 Å². The molecule has 7 nitrogen and oxygen atoms in total. The van der Waals surface area contributed by atoms with Crippen molar-refractivity contribution in [2.75, 3.05) is 18.5 Å². The van der Waals surface area contributed by atoms with Crippen LogP contribution in [0, 0.1) is 0 Å². The Labute approximate surface area is 162 Å². The van der Waals surface area contributed by atoms with E-state index in [4.69, 9.17) is 9.26 Å².